The molecule has 0 aliphatic carbocycles. The maximum Gasteiger partial charge on any atom is 0.159 e. The van der Waals surface area contributed by atoms with Gasteiger partial charge in [0.2, 0.25) is 0 Å². The molecule has 0 bridgehead atoms. The molecule has 0 spiro atoms. The summed E-state index contributed by atoms with van der Waals surface area (Å²) in [6, 6.07) is 20.9. The average molecular weight is 268 g/mol. The molecule has 0 unspecified atom stereocenters. The summed E-state index contributed by atoms with van der Waals surface area (Å²) in [5.41, 5.74) is 2.03. The van der Waals surface area contributed by atoms with Crippen LogP contribution in [-0.2, 0) is 15.1 Å². The lowest BCUT2D eigenvalue weighted by molar-refractivity contribution is -0.156. The van der Waals surface area contributed by atoms with Crippen LogP contribution in [0.3, 0.4) is 0 Å². The third kappa shape index (κ3) is 2.37. The predicted molar refractivity (Wildman–Crippen MR) is 79.4 cm³/mol. The Morgan fingerprint density at radius 2 is 1.55 bits per heavy atom. The summed E-state index contributed by atoms with van der Waals surface area (Å²) >= 11 is 0. The van der Waals surface area contributed by atoms with Gasteiger partial charge in [0, 0.05) is 13.0 Å². The maximum atomic E-state index is 6.34. The Hall–Kier alpha value is -1.64. The van der Waals surface area contributed by atoms with E-state index in [-0.39, 0.29) is 11.9 Å². The average Bonchev–Trinajstić information content (AvgIpc) is 2.95. The van der Waals surface area contributed by atoms with Gasteiger partial charge in [-0.15, -0.1) is 0 Å². The SMILES string of the molecule is CCO[C@H]1CCC(c2ccccc2)(c2ccccc2)O1. The fourth-order valence-corrected chi connectivity index (χ4v) is 2.97. The first-order chi connectivity index (χ1) is 9.85. The van der Waals surface area contributed by atoms with Gasteiger partial charge in [-0.1, -0.05) is 60.7 Å². The van der Waals surface area contributed by atoms with Crippen molar-refractivity contribution in [2.75, 3.05) is 6.61 Å². The van der Waals surface area contributed by atoms with Gasteiger partial charge in [0.05, 0.1) is 0 Å². The van der Waals surface area contributed by atoms with Crippen LogP contribution in [0.1, 0.15) is 30.9 Å². The number of benzene rings is 2. The van der Waals surface area contributed by atoms with Crippen LogP contribution in [-0.4, -0.2) is 12.9 Å². The van der Waals surface area contributed by atoms with Crippen molar-refractivity contribution < 1.29 is 9.47 Å². The van der Waals surface area contributed by atoms with Crippen molar-refractivity contribution in [3.8, 4) is 0 Å². The molecule has 0 amide bonds. The van der Waals surface area contributed by atoms with Crippen molar-refractivity contribution >= 4 is 0 Å². The molecule has 1 atom stereocenters. The Balaban J connectivity index is 2.01. The lowest BCUT2D eigenvalue weighted by atomic mass is 9.84. The summed E-state index contributed by atoms with van der Waals surface area (Å²) in [6.07, 6.45) is 1.77. The van der Waals surface area contributed by atoms with Gasteiger partial charge in [-0.05, 0) is 24.5 Å². The molecule has 1 fully saturated rings. The predicted octanol–water partition coefficient (Wildman–Crippen LogP) is 4.10. The lowest BCUT2D eigenvalue weighted by Crippen LogP contribution is -2.28. The van der Waals surface area contributed by atoms with Gasteiger partial charge in [-0.25, -0.2) is 0 Å². The topological polar surface area (TPSA) is 18.5 Å². The van der Waals surface area contributed by atoms with Gasteiger partial charge >= 0.3 is 0 Å². The molecule has 2 heteroatoms. The Bertz CT molecular complexity index is 496. The van der Waals surface area contributed by atoms with Crippen molar-refractivity contribution in [3.05, 3.63) is 71.8 Å². The summed E-state index contributed by atoms with van der Waals surface area (Å²) < 4.78 is 12.0. The van der Waals surface area contributed by atoms with Gasteiger partial charge in [-0.2, -0.15) is 0 Å². The number of rotatable bonds is 4. The van der Waals surface area contributed by atoms with Crippen LogP contribution in [0.15, 0.2) is 60.7 Å². The Kier molecular flexibility index (Phi) is 3.86. The van der Waals surface area contributed by atoms with Crippen molar-refractivity contribution in [1.82, 2.24) is 0 Å². The van der Waals surface area contributed by atoms with E-state index in [0.717, 1.165) is 12.8 Å². The van der Waals surface area contributed by atoms with Crippen LogP contribution in [0, 0.1) is 0 Å². The van der Waals surface area contributed by atoms with E-state index in [1.807, 2.05) is 19.1 Å². The quantitative estimate of drug-likeness (QED) is 0.831. The highest BCUT2D eigenvalue weighted by molar-refractivity contribution is 5.37. The first-order valence-corrected chi connectivity index (χ1v) is 7.25. The van der Waals surface area contributed by atoms with Crippen LogP contribution in [0.5, 0.6) is 0 Å². The van der Waals surface area contributed by atoms with E-state index in [9.17, 15) is 0 Å². The van der Waals surface area contributed by atoms with Crippen molar-refractivity contribution in [2.45, 2.75) is 31.7 Å². The zero-order chi connectivity index (χ0) is 13.8. The van der Waals surface area contributed by atoms with Crippen molar-refractivity contribution in [3.63, 3.8) is 0 Å². The molecule has 0 aromatic heterocycles. The van der Waals surface area contributed by atoms with E-state index in [4.69, 9.17) is 9.47 Å². The summed E-state index contributed by atoms with van der Waals surface area (Å²) in [5.74, 6) is 0. The van der Waals surface area contributed by atoms with Crippen LogP contribution in [0.25, 0.3) is 0 Å². The first kappa shape index (κ1) is 13.3. The molecule has 0 saturated carbocycles. The maximum absolute atomic E-state index is 6.34. The van der Waals surface area contributed by atoms with Gasteiger partial charge in [0.25, 0.3) is 0 Å². The van der Waals surface area contributed by atoms with E-state index in [2.05, 4.69) is 48.5 Å². The van der Waals surface area contributed by atoms with Crippen molar-refractivity contribution in [1.29, 1.82) is 0 Å². The molecule has 0 radical (unpaired) electrons. The molecule has 1 aliphatic rings. The molecule has 0 N–H and O–H groups in total. The zero-order valence-electron chi connectivity index (χ0n) is 11.8. The minimum atomic E-state index is -0.373. The van der Waals surface area contributed by atoms with E-state index in [1.165, 1.54) is 11.1 Å². The normalized spacial score (nSPS) is 20.9. The molecule has 104 valence electrons. The molecular formula is C18H20O2. The zero-order valence-corrected chi connectivity index (χ0v) is 11.8. The molecule has 3 rings (SSSR count). The lowest BCUT2D eigenvalue weighted by Gasteiger charge is -2.30. The fraction of sp³-hybridized carbons (Fsp3) is 0.333. The Labute approximate surface area is 120 Å². The second kappa shape index (κ2) is 5.78. The summed E-state index contributed by atoms with van der Waals surface area (Å²) in [5, 5.41) is 0. The summed E-state index contributed by atoms with van der Waals surface area (Å²) in [6.45, 7) is 2.69. The highest BCUT2D eigenvalue weighted by atomic mass is 16.7. The molecule has 1 heterocycles. The third-order valence-corrected chi connectivity index (χ3v) is 3.90. The highest BCUT2D eigenvalue weighted by Crippen LogP contribution is 2.44. The van der Waals surface area contributed by atoms with Crippen LogP contribution in [0.2, 0.25) is 0 Å². The highest BCUT2D eigenvalue weighted by Gasteiger charge is 2.43. The third-order valence-electron chi connectivity index (χ3n) is 3.90. The molecule has 1 saturated heterocycles. The summed E-state index contributed by atoms with van der Waals surface area (Å²) in [4.78, 5) is 0. The second-order valence-corrected chi connectivity index (χ2v) is 5.10. The van der Waals surface area contributed by atoms with Crippen LogP contribution >= 0.6 is 0 Å². The summed E-state index contributed by atoms with van der Waals surface area (Å²) in [7, 11) is 0. The molecule has 1 aliphatic heterocycles. The van der Waals surface area contributed by atoms with Crippen LogP contribution in [0.4, 0.5) is 0 Å². The minimum Gasteiger partial charge on any atom is -0.353 e. The fourth-order valence-electron chi connectivity index (χ4n) is 2.97. The van der Waals surface area contributed by atoms with Gasteiger partial charge < -0.3 is 9.47 Å². The Morgan fingerprint density at radius 3 is 2.05 bits per heavy atom. The smallest absolute Gasteiger partial charge is 0.159 e. The van der Waals surface area contributed by atoms with Gasteiger partial charge in [-0.3, -0.25) is 0 Å². The van der Waals surface area contributed by atoms with E-state index in [0.29, 0.717) is 6.61 Å². The monoisotopic (exact) mass is 268 g/mol. The van der Waals surface area contributed by atoms with Gasteiger partial charge in [0.1, 0.15) is 5.60 Å². The second-order valence-electron chi connectivity index (χ2n) is 5.10. The standard InChI is InChI=1S/C18H20O2/c1-2-19-17-13-14-18(20-17,15-9-5-3-6-10-15)16-11-7-4-8-12-16/h3-12,17H,2,13-14H2,1H3/t17-/m1/s1. The largest absolute Gasteiger partial charge is 0.353 e. The minimum absolute atomic E-state index is 0.111. The number of ether oxygens (including phenoxy) is 2. The van der Waals surface area contributed by atoms with E-state index in [1.54, 1.807) is 0 Å². The molecule has 2 aromatic rings. The van der Waals surface area contributed by atoms with Gasteiger partial charge in [0.15, 0.2) is 6.29 Å². The Morgan fingerprint density at radius 1 is 1.00 bits per heavy atom. The van der Waals surface area contributed by atoms with Crippen LogP contribution < -0.4 is 0 Å². The molecule has 2 nitrogen and oxygen atoms in total. The molecule has 2 aromatic carbocycles. The molecular weight excluding hydrogens is 248 g/mol. The van der Waals surface area contributed by atoms with E-state index >= 15 is 0 Å². The number of hydrogen-bond donors (Lipinski definition) is 0. The number of hydrogen-bond acceptors (Lipinski definition) is 2. The molecule has 20 heavy (non-hydrogen) atoms. The first-order valence-electron chi connectivity index (χ1n) is 7.25. The van der Waals surface area contributed by atoms with Crippen molar-refractivity contribution in [2.24, 2.45) is 0 Å². The van der Waals surface area contributed by atoms with E-state index < -0.39 is 0 Å².